The average molecular weight is 340 g/mol. The molecule has 0 bridgehead atoms. The van der Waals surface area contributed by atoms with Gasteiger partial charge in [-0.1, -0.05) is 49.7 Å². The quantitative estimate of drug-likeness (QED) is 0.837. The fraction of sp³-hybridized carbons (Fsp3) is 0.381. The molecule has 2 aromatic carbocycles. The van der Waals surface area contributed by atoms with Crippen molar-refractivity contribution in [1.82, 2.24) is 4.90 Å². The van der Waals surface area contributed by atoms with E-state index >= 15 is 0 Å². The normalized spacial score (nSPS) is 11.2. The van der Waals surface area contributed by atoms with Crippen LogP contribution in [-0.4, -0.2) is 30.9 Å². The first kappa shape index (κ1) is 19.0. The van der Waals surface area contributed by atoms with Gasteiger partial charge in [0.05, 0.1) is 0 Å². The van der Waals surface area contributed by atoms with Crippen LogP contribution in [0.2, 0.25) is 0 Å². The molecule has 4 heteroatoms. The van der Waals surface area contributed by atoms with E-state index in [1.165, 1.54) is 5.56 Å². The second-order valence-corrected chi connectivity index (χ2v) is 7.34. The van der Waals surface area contributed by atoms with E-state index in [0.29, 0.717) is 31.0 Å². The first-order valence-electron chi connectivity index (χ1n) is 8.55. The minimum atomic E-state index is -0.107. The smallest absolute Gasteiger partial charge is 0.253 e. The SMILES string of the molecule is Cc1cccc(COc2cccc(C(=O)N(C)CC(C)(C)CN)c2)c1. The Bertz CT molecular complexity index is 725. The lowest BCUT2D eigenvalue weighted by molar-refractivity contribution is 0.0740. The van der Waals surface area contributed by atoms with Crippen molar-refractivity contribution in [3.05, 3.63) is 65.2 Å². The number of nitrogens with zero attached hydrogens (tertiary/aromatic N) is 1. The van der Waals surface area contributed by atoms with Crippen LogP contribution in [0.4, 0.5) is 0 Å². The Labute approximate surface area is 150 Å². The summed E-state index contributed by atoms with van der Waals surface area (Å²) < 4.78 is 5.85. The number of carbonyl (C=O) groups is 1. The van der Waals surface area contributed by atoms with Gasteiger partial charge in [0.2, 0.25) is 0 Å². The van der Waals surface area contributed by atoms with Gasteiger partial charge in [-0.2, -0.15) is 0 Å². The summed E-state index contributed by atoms with van der Waals surface area (Å²) in [5, 5.41) is 0. The summed E-state index contributed by atoms with van der Waals surface area (Å²) in [6, 6.07) is 15.5. The molecule has 1 amide bonds. The predicted octanol–water partition coefficient (Wildman–Crippen LogP) is 3.63. The van der Waals surface area contributed by atoms with Gasteiger partial charge in [0.25, 0.3) is 5.91 Å². The zero-order valence-electron chi connectivity index (χ0n) is 15.6. The molecule has 0 heterocycles. The lowest BCUT2D eigenvalue weighted by Gasteiger charge is -2.29. The second kappa shape index (κ2) is 8.17. The van der Waals surface area contributed by atoms with Crippen molar-refractivity contribution in [3.63, 3.8) is 0 Å². The zero-order chi connectivity index (χ0) is 18.4. The minimum absolute atomic E-state index is 0.0254. The Morgan fingerprint density at radius 2 is 1.88 bits per heavy atom. The molecule has 0 saturated carbocycles. The number of carbonyl (C=O) groups excluding carboxylic acids is 1. The van der Waals surface area contributed by atoms with Gasteiger partial charge in [-0.3, -0.25) is 4.79 Å². The Balaban J connectivity index is 2.03. The van der Waals surface area contributed by atoms with Gasteiger partial charge in [-0.05, 0) is 42.6 Å². The van der Waals surface area contributed by atoms with E-state index in [-0.39, 0.29) is 11.3 Å². The van der Waals surface area contributed by atoms with E-state index in [2.05, 4.69) is 32.9 Å². The Morgan fingerprint density at radius 3 is 2.56 bits per heavy atom. The fourth-order valence-electron chi connectivity index (χ4n) is 2.69. The van der Waals surface area contributed by atoms with Crippen LogP contribution in [0.15, 0.2) is 48.5 Å². The molecule has 2 N–H and O–H groups in total. The van der Waals surface area contributed by atoms with Crippen LogP contribution >= 0.6 is 0 Å². The molecule has 134 valence electrons. The Hall–Kier alpha value is -2.33. The van der Waals surface area contributed by atoms with Crippen molar-refractivity contribution in [2.75, 3.05) is 20.1 Å². The minimum Gasteiger partial charge on any atom is -0.489 e. The first-order valence-corrected chi connectivity index (χ1v) is 8.55. The molecule has 2 aromatic rings. The highest BCUT2D eigenvalue weighted by molar-refractivity contribution is 5.94. The third-order valence-corrected chi connectivity index (χ3v) is 4.13. The Kier molecular flexibility index (Phi) is 6.21. The van der Waals surface area contributed by atoms with Gasteiger partial charge < -0.3 is 15.4 Å². The van der Waals surface area contributed by atoms with Gasteiger partial charge >= 0.3 is 0 Å². The Morgan fingerprint density at radius 1 is 1.16 bits per heavy atom. The molecule has 0 radical (unpaired) electrons. The van der Waals surface area contributed by atoms with Crippen LogP contribution in [0.25, 0.3) is 0 Å². The van der Waals surface area contributed by atoms with Crippen molar-refractivity contribution < 1.29 is 9.53 Å². The number of aryl methyl sites for hydroxylation is 1. The maximum absolute atomic E-state index is 12.6. The van der Waals surface area contributed by atoms with Crippen LogP contribution in [0.5, 0.6) is 5.75 Å². The largest absolute Gasteiger partial charge is 0.489 e. The summed E-state index contributed by atoms with van der Waals surface area (Å²) in [6.07, 6.45) is 0. The summed E-state index contributed by atoms with van der Waals surface area (Å²) in [5.74, 6) is 0.668. The van der Waals surface area contributed by atoms with Crippen molar-refractivity contribution in [2.45, 2.75) is 27.4 Å². The molecular weight excluding hydrogens is 312 g/mol. The molecule has 0 aromatic heterocycles. The average Bonchev–Trinajstić information content (AvgIpc) is 2.59. The van der Waals surface area contributed by atoms with Crippen LogP contribution < -0.4 is 10.5 Å². The topological polar surface area (TPSA) is 55.6 Å². The van der Waals surface area contributed by atoms with E-state index in [1.54, 1.807) is 18.0 Å². The summed E-state index contributed by atoms with van der Waals surface area (Å²) in [6.45, 7) is 7.79. The van der Waals surface area contributed by atoms with Crippen LogP contribution in [0.1, 0.15) is 35.3 Å². The molecule has 4 nitrogen and oxygen atoms in total. The highest BCUT2D eigenvalue weighted by atomic mass is 16.5. The number of benzene rings is 2. The molecule has 0 aliphatic rings. The van der Waals surface area contributed by atoms with Crippen LogP contribution in [0.3, 0.4) is 0 Å². The van der Waals surface area contributed by atoms with Crippen LogP contribution in [-0.2, 0) is 6.61 Å². The van der Waals surface area contributed by atoms with E-state index in [1.807, 2.05) is 30.3 Å². The number of hydrogen-bond donors (Lipinski definition) is 1. The number of rotatable bonds is 7. The molecule has 0 unspecified atom stereocenters. The monoisotopic (exact) mass is 340 g/mol. The van der Waals surface area contributed by atoms with E-state index in [9.17, 15) is 4.79 Å². The molecule has 0 aliphatic carbocycles. The van der Waals surface area contributed by atoms with Crippen molar-refractivity contribution >= 4 is 5.91 Å². The molecule has 0 spiro atoms. The zero-order valence-corrected chi connectivity index (χ0v) is 15.6. The van der Waals surface area contributed by atoms with Gasteiger partial charge in [0.15, 0.2) is 0 Å². The maximum atomic E-state index is 12.6. The third kappa shape index (κ3) is 5.61. The van der Waals surface area contributed by atoms with Gasteiger partial charge in [-0.25, -0.2) is 0 Å². The van der Waals surface area contributed by atoms with Crippen molar-refractivity contribution in [2.24, 2.45) is 11.1 Å². The lowest BCUT2D eigenvalue weighted by Crippen LogP contribution is -2.39. The van der Waals surface area contributed by atoms with Gasteiger partial charge in [0.1, 0.15) is 12.4 Å². The molecule has 0 aliphatic heterocycles. The number of nitrogens with two attached hydrogens (primary N) is 1. The molecule has 0 saturated heterocycles. The fourth-order valence-corrected chi connectivity index (χ4v) is 2.69. The molecule has 2 rings (SSSR count). The molecule has 0 fully saturated rings. The highest BCUT2D eigenvalue weighted by Gasteiger charge is 2.22. The number of ether oxygens (including phenoxy) is 1. The predicted molar refractivity (Wildman–Crippen MR) is 102 cm³/mol. The van der Waals surface area contributed by atoms with Gasteiger partial charge in [-0.15, -0.1) is 0 Å². The van der Waals surface area contributed by atoms with Crippen LogP contribution in [0, 0.1) is 12.3 Å². The first-order chi connectivity index (χ1) is 11.8. The summed E-state index contributed by atoms with van der Waals surface area (Å²) >= 11 is 0. The van der Waals surface area contributed by atoms with E-state index < -0.39 is 0 Å². The number of amides is 1. The molecule has 0 atom stereocenters. The number of hydrogen-bond acceptors (Lipinski definition) is 3. The van der Waals surface area contributed by atoms with E-state index in [4.69, 9.17) is 10.5 Å². The highest BCUT2D eigenvalue weighted by Crippen LogP contribution is 2.19. The van der Waals surface area contributed by atoms with Gasteiger partial charge in [0, 0.05) is 19.2 Å². The summed E-state index contributed by atoms with van der Waals surface area (Å²) in [7, 11) is 1.81. The second-order valence-electron chi connectivity index (χ2n) is 7.34. The standard InChI is InChI=1S/C21H28N2O2/c1-16-7-5-8-17(11-16)13-25-19-10-6-9-18(12-19)20(24)23(4)15-21(2,3)14-22/h5-12H,13-15,22H2,1-4H3. The lowest BCUT2D eigenvalue weighted by atomic mass is 9.93. The van der Waals surface area contributed by atoms with Crippen molar-refractivity contribution in [3.8, 4) is 5.75 Å². The maximum Gasteiger partial charge on any atom is 0.253 e. The molecule has 25 heavy (non-hydrogen) atoms. The van der Waals surface area contributed by atoms with E-state index in [0.717, 1.165) is 5.56 Å². The summed E-state index contributed by atoms with van der Waals surface area (Å²) in [5.41, 5.74) is 8.59. The summed E-state index contributed by atoms with van der Waals surface area (Å²) in [4.78, 5) is 14.4. The third-order valence-electron chi connectivity index (χ3n) is 4.13. The van der Waals surface area contributed by atoms with Crippen molar-refractivity contribution in [1.29, 1.82) is 0 Å². The molecular formula is C21H28N2O2.